The zero-order valence-electron chi connectivity index (χ0n) is 16.4. The molecule has 4 rings (SSSR count). The number of benzene rings is 2. The molecule has 0 spiro atoms. The highest BCUT2D eigenvalue weighted by atomic mass is 32.2. The highest BCUT2D eigenvalue weighted by molar-refractivity contribution is 7.99. The second-order valence-electron chi connectivity index (χ2n) is 6.27. The van der Waals surface area contributed by atoms with Crippen molar-refractivity contribution in [1.82, 2.24) is 19.8 Å². The van der Waals surface area contributed by atoms with E-state index < -0.39 is 0 Å². The molecule has 8 nitrogen and oxygen atoms in total. The van der Waals surface area contributed by atoms with Crippen LogP contribution in [0.2, 0.25) is 0 Å². The number of carbonyl (C=O) groups is 1. The molecule has 2 aromatic heterocycles. The van der Waals surface area contributed by atoms with Gasteiger partial charge in [0.15, 0.2) is 5.65 Å². The minimum Gasteiger partial charge on any atom is -0.497 e. The van der Waals surface area contributed by atoms with Gasteiger partial charge in [0.05, 0.1) is 25.7 Å². The van der Waals surface area contributed by atoms with Crippen molar-refractivity contribution in [3.05, 3.63) is 60.7 Å². The molecular weight excluding hydrogens is 402 g/mol. The van der Waals surface area contributed by atoms with Gasteiger partial charge < -0.3 is 14.8 Å². The molecule has 0 saturated carbocycles. The van der Waals surface area contributed by atoms with Gasteiger partial charge in [0.1, 0.15) is 11.5 Å². The molecule has 0 unspecified atom stereocenters. The van der Waals surface area contributed by atoms with E-state index in [0.29, 0.717) is 16.5 Å². The minimum atomic E-state index is -0.145. The number of aromatic nitrogens is 4. The highest BCUT2D eigenvalue weighted by Gasteiger charge is 2.12. The van der Waals surface area contributed by atoms with E-state index >= 15 is 0 Å². The Bertz CT molecular complexity index is 1160. The molecule has 0 aliphatic heterocycles. The number of hydrogen-bond acceptors (Lipinski definition) is 7. The normalized spacial score (nSPS) is 10.7. The number of methoxy groups -OCH3 is 2. The van der Waals surface area contributed by atoms with Gasteiger partial charge in [-0.15, -0.1) is 10.2 Å². The maximum absolute atomic E-state index is 12.3. The van der Waals surface area contributed by atoms with Gasteiger partial charge in [0.2, 0.25) is 11.1 Å². The fourth-order valence-electron chi connectivity index (χ4n) is 2.78. The van der Waals surface area contributed by atoms with Crippen LogP contribution in [0.5, 0.6) is 11.5 Å². The van der Waals surface area contributed by atoms with Crippen LogP contribution in [-0.2, 0) is 4.79 Å². The third-order valence-corrected chi connectivity index (χ3v) is 5.25. The second-order valence-corrected chi connectivity index (χ2v) is 7.21. The van der Waals surface area contributed by atoms with Gasteiger partial charge in [-0.1, -0.05) is 11.8 Å². The Morgan fingerprint density at radius 2 is 1.60 bits per heavy atom. The average molecular weight is 421 g/mol. The van der Waals surface area contributed by atoms with Gasteiger partial charge in [0, 0.05) is 11.3 Å². The fraction of sp³-hybridized carbons (Fsp3) is 0.143. The Hall–Kier alpha value is -3.59. The number of ether oxygens (including phenoxy) is 2. The number of fused-ring (bicyclic) bond motifs is 1. The van der Waals surface area contributed by atoms with Crippen molar-refractivity contribution < 1.29 is 14.3 Å². The summed E-state index contributed by atoms with van der Waals surface area (Å²) in [5.74, 6) is 1.55. The predicted molar refractivity (Wildman–Crippen MR) is 115 cm³/mol. The lowest BCUT2D eigenvalue weighted by Gasteiger charge is -2.06. The van der Waals surface area contributed by atoms with Gasteiger partial charge >= 0.3 is 0 Å². The van der Waals surface area contributed by atoms with Crippen LogP contribution in [-0.4, -0.2) is 45.7 Å². The van der Waals surface area contributed by atoms with Crippen molar-refractivity contribution >= 4 is 29.0 Å². The SMILES string of the molecule is COc1ccc(NC(=O)CSc2nnc3ccc(-c4ccc(OC)cc4)nn23)cc1. The lowest BCUT2D eigenvalue weighted by Crippen LogP contribution is -2.14. The van der Waals surface area contributed by atoms with Crippen molar-refractivity contribution in [1.29, 1.82) is 0 Å². The molecule has 2 aromatic carbocycles. The summed E-state index contributed by atoms with van der Waals surface area (Å²) in [5.41, 5.74) is 3.03. The second kappa shape index (κ2) is 8.83. The largest absolute Gasteiger partial charge is 0.497 e. The summed E-state index contributed by atoms with van der Waals surface area (Å²) in [7, 11) is 3.23. The number of nitrogens with one attached hydrogen (secondary N) is 1. The van der Waals surface area contributed by atoms with Gasteiger partial charge in [-0.25, -0.2) is 0 Å². The number of thioether (sulfide) groups is 1. The van der Waals surface area contributed by atoms with E-state index in [9.17, 15) is 4.79 Å². The number of rotatable bonds is 7. The van der Waals surface area contributed by atoms with Crippen LogP contribution in [0, 0.1) is 0 Å². The first-order chi connectivity index (χ1) is 14.7. The third kappa shape index (κ3) is 4.36. The van der Waals surface area contributed by atoms with Crippen molar-refractivity contribution in [2.24, 2.45) is 0 Å². The summed E-state index contributed by atoms with van der Waals surface area (Å²) in [4.78, 5) is 12.3. The molecule has 9 heteroatoms. The predicted octanol–water partition coefficient (Wildman–Crippen LogP) is 3.54. The number of amides is 1. The average Bonchev–Trinajstić information content (AvgIpc) is 3.20. The quantitative estimate of drug-likeness (QED) is 0.457. The maximum Gasteiger partial charge on any atom is 0.234 e. The van der Waals surface area contributed by atoms with E-state index in [1.54, 1.807) is 43.0 Å². The van der Waals surface area contributed by atoms with Crippen molar-refractivity contribution in [3.63, 3.8) is 0 Å². The Balaban J connectivity index is 1.46. The maximum atomic E-state index is 12.3. The number of nitrogens with zero attached hydrogens (tertiary/aromatic N) is 4. The van der Waals surface area contributed by atoms with E-state index in [2.05, 4.69) is 20.6 Å². The topological polar surface area (TPSA) is 90.6 Å². The van der Waals surface area contributed by atoms with Crippen LogP contribution >= 0.6 is 11.8 Å². The molecule has 30 heavy (non-hydrogen) atoms. The van der Waals surface area contributed by atoms with Crippen molar-refractivity contribution in [2.75, 3.05) is 25.3 Å². The smallest absolute Gasteiger partial charge is 0.234 e. The van der Waals surface area contributed by atoms with E-state index in [1.807, 2.05) is 36.4 Å². The first-order valence-corrected chi connectivity index (χ1v) is 10.1. The van der Waals surface area contributed by atoms with Gasteiger partial charge in [-0.2, -0.15) is 9.61 Å². The summed E-state index contributed by atoms with van der Waals surface area (Å²) in [6, 6.07) is 18.5. The standard InChI is InChI=1S/C21H19N5O3S/c1-28-16-7-3-14(4-8-16)18-11-12-19-23-24-21(26(19)25-18)30-13-20(27)22-15-5-9-17(29-2)10-6-15/h3-12H,13H2,1-2H3,(H,22,27). The van der Waals surface area contributed by atoms with Crippen molar-refractivity contribution in [2.45, 2.75) is 5.16 Å². The molecule has 0 fully saturated rings. The van der Waals surface area contributed by atoms with Crippen LogP contribution < -0.4 is 14.8 Å². The molecule has 1 amide bonds. The molecule has 0 radical (unpaired) electrons. The molecule has 152 valence electrons. The summed E-state index contributed by atoms with van der Waals surface area (Å²) in [6.07, 6.45) is 0. The summed E-state index contributed by atoms with van der Waals surface area (Å²) >= 11 is 1.27. The van der Waals surface area contributed by atoms with Gasteiger partial charge in [-0.3, -0.25) is 4.79 Å². The molecule has 0 atom stereocenters. The van der Waals surface area contributed by atoms with Crippen LogP contribution in [0.4, 0.5) is 5.69 Å². The lowest BCUT2D eigenvalue weighted by molar-refractivity contribution is -0.113. The van der Waals surface area contributed by atoms with Crippen LogP contribution in [0.1, 0.15) is 0 Å². The molecule has 0 aliphatic rings. The van der Waals surface area contributed by atoms with Crippen LogP contribution in [0.15, 0.2) is 65.8 Å². The Morgan fingerprint density at radius 1 is 0.933 bits per heavy atom. The molecule has 2 heterocycles. The number of carbonyl (C=O) groups excluding carboxylic acids is 1. The monoisotopic (exact) mass is 421 g/mol. The minimum absolute atomic E-state index is 0.145. The molecular formula is C21H19N5O3S. The molecule has 0 bridgehead atoms. The van der Waals surface area contributed by atoms with Gasteiger partial charge in [-0.05, 0) is 60.7 Å². The van der Waals surface area contributed by atoms with Crippen LogP contribution in [0.25, 0.3) is 16.9 Å². The van der Waals surface area contributed by atoms with E-state index in [-0.39, 0.29) is 11.7 Å². The Kier molecular flexibility index (Phi) is 5.80. The Morgan fingerprint density at radius 3 is 2.27 bits per heavy atom. The fourth-order valence-corrected chi connectivity index (χ4v) is 3.46. The molecule has 4 aromatic rings. The van der Waals surface area contributed by atoms with E-state index in [1.165, 1.54) is 11.8 Å². The highest BCUT2D eigenvalue weighted by Crippen LogP contribution is 2.23. The van der Waals surface area contributed by atoms with Gasteiger partial charge in [0.25, 0.3) is 0 Å². The first kappa shape index (κ1) is 19.7. The van der Waals surface area contributed by atoms with E-state index in [0.717, 1.165) is 22.8 Å². The van der Waals surface area contributed by atoms with Crippen LogP contribution in [0.3, 0.4) is 0 Å². The molecule has 1 N–H and O–H groups in total. The summed E-state index contributed by atoms with van der Waals surface area (Å²) in [6.45, 7) is 0. The number of hydrogen-bond donors (Lipinski definition) is 1. The first-order valence-electron chi connectivity index (χ1n) is 9.10. The Labute approximate surface area is 177 Å². The number of anilines is 1. The zero-order chi connectivity index (χ0) is 20.9. The molecule has 0 aliphatic carbocycles. The van der Waals surface area contributed by atoms with E-state index in [4.69, 9.17) is 9.47 Å². The lowest BCUT2D eigenvalue weighted by atomic mass is 10.1. The zero-order valence-corrected chi connectivity index (χ0v) is 17.2. The molecule has 0 saturated heterocycles. The summed E-state index contributed by atoms with van der Waals surface area (Å²) < 4.78 is 12.0. The third-order valence-electron chi connectivity index (χ3n) is 4.33. The van der Waals surface area contributed by atoms with Crippen molar-refractivity contribution in [3.8, 4) is 22.8 Å². The summed E-state index contributed by atoms with van der Waals surface area (Å²) in [5, 5.41) is 16.3.